The van der Waals surface area contributed by atoms with Crippen LogP contribution in [0.2, 0.25) is 10.0 Å². The lowest BCUT2D eigenvalue weighted by atomic mass is 10.1. The van der Waals surface area contributed by atoms with Crippen LogP contribution in [0.25, 0.3) is 0 Å². The van der Waals surface area contributed by atoms with Crippen LogP contribution >= 0.6 is 23.2 Å². The second-order valence-corrected chi connectivity index (χ2v) is 6.17. The monoisotopic (exact) mass is 323 g/mol. The molecule has 0 aliphatic rings. The first-order chi connectivity index (χ1) is 9.95. The van der Waals surface area contributed by atoms with E-state index in [9.17, 15) is 0 Å². The number of nitrogens with one attached hydrogen (secondary N) is 1. The molecule has 0 saturated carbocycles. The molecule has 0 saturated heterocycles. The van der Waals surface area contributed by atoms with Gasteiger partial charge in [0.05, 0.1) is 0 Å². The molecule has 0 radical (unpaired) electrons. The lowest BCUT2D eigenvalue weighted by Crippen LogP contribution is -2.22. The molecule has 0 unspecified atom stereocenters. The van der Waals surface area contributed by atoms with Crippen LogP contribution in [-0.4, -0.2) is 6.04 Å². The quantitative estimate of drug-likeness (QED) is 0.774. The van der Waals surface area contributed by atoms with E-state index in [0.29, 0.717) is 22.6 Å². The first-order valence-electron chi connectivity index (χ1n) is 6.91. The number of hydrogen-bond donors (Lipinski definition) is 1. The maximum Gasteiger partial charge on any atom is 0.132 e. The van der Waals surface area contributed by atoms with Gasteiger partial charge in [-0.2, -0.15) is 0 Å². The molecule has 2 rings (SSSR count). The summed E-state index contributed by atoms with van der Waals surface area (Å²) in [6, 6.07) is 11.7. The minimum atomic E-state index is 0.397. The highest BCUT2D eigenvalue weighted by atomic mass is 35.5. The third kappa shape index (κ3) is 4.63. The fourth-order valence-electron chi connectivity index (χ4n) is 1.95. The third-order valence-electron chi connectivity index (χ3n) is 3.08. The molecule has 0 heterocycles. The molecule has 1 N–H and O–H groups in total. The van der Waals surface area contributed by atoms with Crippen molar-refractivity contribution in [1.29, 1.82) is 0 Å². The van der Waals surface area contributed by atoms with Crippen LogP contribution in [0.4, 0.5) is 0 Å². The zero-order valence-corrected chi connectivity index (χ0v) is 13.9. The van der Waals surface area contributed by atoms with Crippen molar-refractivity contribution in [1.82, 2.24) is 5.32 Å². The molecule has 2 aromatic carbocycles. The molecular weight excluding hydrogens is 305 g/mol. The summed E-state index contributed by atoms with van der Waals surface area (Å²) < 4.78 is 6.03. The van der Waals surface area contributed by atoms with Gasteiger partial charge in [0.1, 0.15) is 11.5 Å². The molecular formula is C17H19Cl2NO. The Labute approximate surface area is 136 Å². The van der Waals surface area contributed by atoms with Crippen LogP contribution in [0, 0.1) is 6.92 Å². The molecule has 0 spiro atoms. The molecule has 2 aromatic rings. The number of rotatable bonds is 5. The van der Waals surface area contributed by atoms with Gasteiger partial charge in [0.15, 0.2) is 0 Å². The van der Waals surface area contributed by atoms with Crippen LogP contribution in [0.3, 0.4) is 0 Å². The maximum absolute atomic E-state index is 6.09. The Morgan fingerprint density at radius 3 is 2.24 bits per heavy atom. The summed E-state index contributed by atoms with van der Waals surface area (Å²) in [5.41, 5.74) is 2.03. The predicted octanol–water partition coefficient (Wildman–Crippen LogP) is 5.59. The summed E-state index contributed by atoms with van der Waals surface area (Å²) in [6.45, 7) is 6.90. The summed E-state index contributed by atoms with van der Waals surface area (Å²) in [6.07, 6.45) is 0. The van der Waals surface area contributed by atoms with Crippen LogP contribution < -0.4 is 10.1 Å². The van der Waals surface area contributed by atoms with Gasteiger partial charge in [0.25, 0.3) is 0 Å². The van der Waals surface area contributed by atoms with E-state index in [0.717, 1.165) is 22.6 Å². The first-order valence-corrected chi connectivity index (χ1v) is 7.67. The number of halogens is 2. The topological polar surface area (TPSA) is 21.3 Å². The summed E-state index contributed by atoms with van der Waals surface area (Å²) >= 11 is 12.1. The van der Waals surface area contributed by atoms with Crippen molar-refractivity contribution in [3.8, 4) is 11.5 Å². The number of ether oxygens (including phenoxy) is 1. The van der Waals surface area contributed by atoms with E-state index in [1.807, 2.05) is 43.3 Å². The van der Waals surface area contributed by atoms with Gasteiger partial charge < -0.3 is 10.1 Å². The van der Waals surface area contributed by atoms with Crippen LogP contribution in [-0.2, 0) is 6.54 Å². The largest absolute Gasteiger partial charge is 0.457 e. The van der Waals surface area contributed by atoms with E-state index in [1.165, 1.54) is 0 Å². The molecule has 0 aromatic heterocycles. The van der Waals surface area contributed by atoms with E-state index in [1.54, 1.807) is 0 Å². The Kier molecular flexibility index (Phi) is 5.51. The molecule has 0 aliphatic heterocycles. The highest BCUT2D eigenvalue weighted by molar-refractivity contribution is 6.31. The third-order valence-corrected chi connectivity index (χ3v) is 3.55. The molecule has 4 heteroatoms. The summed E-state index contributed by atoms with van der Waals surface area (Å²) in [7, 11) is 0. The molecule has 0 atom stereocenters. The molecule has 0 bridgehead atoms. The average Bonchev–Trinajstić information content (AvgIpc) is 2.41. The molecule has 2 nitrogen and oxygen atoms in total. The Bertz CT molecular complexity index is 626. The zero-order chi connectivity index (χ0) is 15.4. The fraction of sp³-hybridized carbons (Fsp3) is 0.294. The second-order valence-electron chi connectivity index (χ2n) is 5.30. The minimum Gasteiger partial charge on any atom is -0.457 e. The normalized spacial score (nSPS) is 11.0. The van der Waals surface area contributed by atoms with Crippen molar-refractivity contribution in [2.45, 2.75) is 33.4 Å². The van der Waals surface area contributed by atoms with Gasteiger partial charge in [0, 0.05) is 28.2 Å². The Hall–Kier alpha value is -1.22. The van der Waals surface area contributed by atoms with Crippen molar-refractivity contribution >= 4 is 23.2 Å². The number of hydrogen-bond acceptors (Lipinski definition) is 2. The predicted molar refractivity (Wildman–Crippen MR) is 89.7 cm³/mol. The lowest BCUT2D eigenvalue weighted by molar-refractivity contribution is 0.466. The van der Waals surface area contributed by atoms with E-state index >= 15 is 0 Å². The standard InChI is InChI=1S/C17H19Cl2NO/c1-11(2)20-10-13-9-15(19)5-7-17(13)21-16-6-4-14(18)8-12(16)3/h4-9,11,20H,10H2,1-3H3. The van der Waals surface area contributed by atoms with Crippen molar-refractivity contribution in [2.24, 2.45) is 0 Å². The lowest BCUT2D eigenvalue weighted by Gasteiger charge is -2.15. The van der Waals surface area contributed by atoms with E-state index in [4.69, 9.17) is 27.9 Å². The van der Waals surface area contributed by atoms with Crippen molar-refractivity contribution in [2.75, 3.05) is 0 Å². The van der Waals surface area contributed by atoms with Gasteiger partial charge in [-0.1, -0.05) is 37.0 Å². The smallest absolute Gasteiger partial charge is 0.132 e. The number of benzene rings is 2. The zero-order valence-electron chi connectivity index (χ0n) is 12.4. The van der Waals surface area contributed by atoms with Gasteiger partial charge in [0.2, 0.25) is 0 Å². The van der Waals surface area contributed by atoms with Crippen molar-refractivity contribution in [3.05, 3.63) is 57.6 Å². The maximum atomic E-state index is 6.09. The molecule has 0 aliphatic carbocycles. The number of aryl methyl sites for hydroxylation is 1. The highest BCUT2D eigenvalue weighted by Gasteiger charge is 2.09. The van der Waals surface area contributed by atoms with Gasteiger partial charge in [-0.3, -0.25) is 0 Å². The van der Waals surface area contributed by atoms with Gasteiger partial charge in [-0.15, -0.1) is 0 Å². The molecule has 0 fully saturated rings. The molecule has 112 valence electrons. The van der Waals surface area contributed by atoms with Crippen LogP contribution in [0.5, 0.6) is 11.5 Å². The van der Waals surface area contributed by atoms with Gasteiger partial charge in [-0.05, 0) is 48.9 Å². The summed E-state index contributed by atoms with van der Waals surface area (Å²) in [4.78, 5) is 0. The second kappa shape index (κ2) is 7.17. The minimum absolute atomic E-state index is 0.397. The Morgan fingerprint density at radius 2 is 1.62 bits per heavy atom. The van der Waals surface area contributed by atoms with Gasteiger partial charge in [-0.25, -0.2) is 0 Å². The highest BCUT2D eigenvalue weighted by Crippen LogP contribution is 2.31. The SMILES string of the molecule is Cc1cc(Cl)ccc1Oc1ccc(Cl)cc1CNC(C)C. The summed E-state index contributed by atoms with van der Waals surface area (Å²) in [5, 5.41) is 4.79. The first kappa shape index (κ1) is 16.2. The van der Waals surface area contributed by atoms with E-state index < -0.39 is 0 Å². The Balaban J connectivity index is 2.26. The van der Waals surface area contributed by atoms with Gasteiger partial charge >= 0.3 is 0 Å². The molecule has 0 amide bonds. The van der Waals surface area contributed by atoms with Crippen molar-refractivity contribution in [3.63, 3.8) is 0 Å². The van der Waals surface area contributed by atoms with E-state index in [-0.39, 0.29) is 0 Å². The van der Waals surface area contributed by atoms with E-state index in [2.05, 4.69) is 19.2 Å². The van der Waals surface area contributed by atoms with Crippen LogP contribution in [0.15, 0.2) is 36.4 Å². The summed E-state index contributed by atoms with van der Waals surface area (Å²) in [5.74, 6) is 1.60. The molecule has 21 heavy (non-hydrogen) atoms. The van der Waals surface area contributed by atoms with Crippen molar-refractivity contribution < 1.29 is 4.74 Å². The average molecular weight is 324 g/mol. The Morgan fingerprint density at radius 1 is 1.00 bits per heavy atom. The van der Waals surface area contributed by atoms with Crippen LogP contribution in [0.1, 0.15) is 25.0 Å². The fourth-order valence-corrected chi connectivity index (χ4v) is 2.37.